The molecule has 0 spiro atoms. The van der Waals surface area contributed by atoms with E-state index in [1.165, 1.54) is 0 Å². The van der Waals surface area contributed by atoms with E-state index in [1.807, 2.05) is 0 Å². The Bertz CT molecular complexity index is 1070. The summed E-state index contributed by atoms with van der Waals surface area (Å²) in [6.07, 6.45) is -11.4. The van der Waals surface area contributed by atoms with Crippen molar-refractivity contribution in [3.8, 4) is 5.75 Å². The maximum Gasteiger partial charge on any atom is 0.422 e. The highest BCUT2D eigenvalue weighted by Gasteiger charge is 2.48. The van der Waals surface area contributed by atoms with Gasteiger partial charge in [0.05, 0.1) is 29.2 Å². The Kier molecular flexibility index (Phi) is 7.90. The summed E-state index contributed by atoms with van der Waals surface area (Å²) in [5, 5.41) is -1.68. The number of amides is 1. The van der Waals surface area contributed by atoms with Crippen LogP contribution in [0.3, 0.4) is 0 Å². The number of carbonyl (C=O) groups is 3. The molecule has 1 aromatic rings. The number of hydrogen-bond acceptors (Lipinski definition) is 7. The minimum Gasteiger partial charge on any atom is -0.484 e. The Labute approximate surface area is 189 Å². The molecule has 2 unspecified atom stereocenters. The maximum absolute atomic E-state index is 13.6. The highest BCUT2D eigenvalue weighted by molar-refractivity contribution is 7.92. The molecule has 1 aliphatic heterocycles. The van der Waals surface area contributed by atoms with E-state index >= 15 is 0 Å². The van der Waals surface area contributed by atoms with E-state index in [1.54, 1.807) is 0 Å². The number of methoxy groups -OCH3 is 1. The fourth-order valence-corrected chi connectivity index (χ4v) is 5.28. The Hall–Kier alpha value is -2.84. The molecule has 0 bridgehead atoms. The molecule has 2 rings (SSSR count). The third-order valence-corrected chi connectivity index (χ3v) is 7.05. The molecule has 34 heavy (non-hydrogen) atoms. The smallest absolute Gasteiger partial charge is 0.422 e. The number of carbonyl (C=O) groups excluding carboxylic acids is 3. The monoisotopic (exact) mass is 519 g/mol. The number of hydrogen-bond donors (Lipinski definition) is 0. The standard InChI is InChI=1S/C19H19F6NO7S/c1-10(27)5-16(28)26-8-12(7-14(26)17(29)32-2)34(30,31)15-4-3-11(33-9-18(20,21)22)6-13(15)19(23,24)25/h3-4,6,12,14H,5,7-9H2,1-2H3. The second kappa shape index (κ2) is 9.80. The molecule has 8 nitrogen and oxygen atoms in total. The number of ether oxygens (including phenoxy) is 2. The minimum atomic E-state index is -5.29. The van der Waals surface area contributed by atoms with Crippen molar-refractivity contribution in [2.45, 2.75) is 48.3 Å². The third-order valence-electron chi connectivity index (χ3n) is 4.86. The van der Waals surface area contributed by atoms with E-state index in [9.17, 15) is 49.1 Å². The number of ketones is 1. The van der Waals surface area contributed by atoms with Gasteiger partial charge in [-0.15, -0.1) is 0 Å². The molecule has 2 atom stereocenters. The van der Waals surface area contributed by atoms with E-state index in [0.29, 0.717) is 12.1 Å². The number of alkyl halides is 6. The van der Waals surface area contributed by atoms with Crippen LogP contribution in [0, 0.1) is 0 Å². The fraction of sp³-hybridized carbons (Fsp3) is 0.526. The van der Waals surface area contributed by atoms with Gasteiger partial charge < -0.3 is 14.4 Å². The predicted octanol–water partition coefficient (Wildman–Crippen LogP) is 2.54. The zero-order chi connectivity index (χ0) is 26.1. The molecule has 15 heteroatoms. The van der Waals surface area contributed by atoms with Crippen LogP contribution in [0.15, 0.2) is 23.1 Å². The van der Waals surface area contributed by atoms with Crippen LogP contribution in [0.25, 0.3) is 0 Å². The Balaban J connectivity index is 2.46. The molecular weight excluding hydrogens is 500 g/mol. The highest BCUT2D eigenvalue weighted by Crippen LogP contribution is 2.40. The van der Waals surface area contributed by atoms with Crippen LogP contribution in [0.4, 0.5) is 26.3 Å². The summed E-state index contributed by atoms with van der Waals surface area (Å²) < 4.78 is 113. The maximum atomic E-state index is 13.6. The van der Waals surface area contributed by atoms with Gasteiger partial charge in [-0.1, -0.05) is 0 Å². The number of sulfone groups is 1. The lowest BCUT2D eigenvalue weighted by molar-refractivity contribution is -0.153. The summed E-state index contributed by atoms with van der Waals surface area (Å²) in [7, 11) is -3.91. The molecule has 0 aromatic heterocycles. The lowest BCUT2D eigenvalue weighted by Gasteiger charge is -2.22. The van der Waals surface area contributed by atoms with Gasteiger partial charge in [0, 0.05) is 6.54 Å². The first-order chi connectivity index (χ1) is 15.5. The van der Waals surface area contributed by atoms with E-state index in [0.717, 1.165) is 18.9 Å². The van der Waals surface area contributed by atoms with Gasteiger partial charge in [-0.3, -0.25) is 9.59 Å². The zero-order valence-electron chi connectivity index (χ0n) is 17.7. The summed E-state index contributed by atoms with van der Waals surface area (Å²) in [6, 6.07) is -0.235. The van der Waals surface area contributed by atoms with Crippen molar-refractivity contribution in [1.29, 1.82) is 0 Å². The summed E-state index contributed by atoms with van der Waals surface area (Å²) in [5.74, 6) is -3.39. The molecule has 0 aliphatic carbocycles. The topological polar surface area (TPSA) is 107 Å². The molecule has 190 valence electrons. The molecule has 1 aliphatic rings. The van der Waals surface area contributed by atoms with E-state index in [2.05, 4.69) is 9.47 Å². The van der Waals surface area contributed by atoms with Gasteiger partial charge in [-0.05, 0) is 31.5 Å². The van der Waals surface area contributed by atoms with E-state index < -0.39 is 93.3 Å². The predicted molar refractivity (Wildman–Crippen MR) is 101 cm³/mol. The molecule has 1 heterocycles. The van der Waals surface area contributed by atoms with Gasteiger partial charge in [0.2, 0.25) is 5.91 Å². The molecule has 0 radical (unpaired) electrons. The third kappa shape index (κ3) is 6.39. The number of rotatable bonds is 7. The average molecular weight is 519 g/mol. The number of esters is 1. The Morgan fingerprint density at radius 2 is 1.74 bits per heavy atom. The van der Waals surface area contributed by atoms with Gasteiger partial charge >= 0.3 is 18.3 Å². The first kappa shape index (κ1) is 27.4. The Morgan fingerprint density at radius 3 is 2.24 bits per heavy atom. The SMILES string of the molecule is COC(=O)C1CC(S(=O)(=O)c2ccc(OCC(F)(F)F)cc2C(F)(F)F)CN1C(=O)CC(C)=O. The van der Waals surface area contributed by atoms with Gasteiger partial charge in [0.1, 0.15) is 17.6 Å². The molecule has 0 N–H and O–H groups in total. The number of halogens is 6. The van der Waals surface area contributed by atoms with Crippen molar-refractivity contribution in [2.75, 3.05) is 20.3 Å². The van der Waals surface area contributed by atoms with Crippen LogP contribution in [-0.4, -0.2) is 68.7 Å². The van der Waals surface area contributed by atoms with Crippen molar-refractivity contribution < 1.29 is 58.6 Å². The summed E-state index contributed by atoms with van der Waals surface area (Å²) in [6.45, 7) is -1.52. The summed E-state index contributed by atoms with van der Waals surface area (Å²) in [4.78, 5) is 35.2. The molecule has 1 saturated heterocycles. The highest BCUT2D eigenvalue weighted by atomic mass is 32.2. The van der Waals surface area contributed by atoms with Crippen molar-refractivity contribution >= 4 is 27.5 Å². The van der Waals surface area contributed by atoms with Gasteiger partial charge in [-0.2, -0.15) is 26.3 Å². The van der Waals surface area contributed by atoms with Crippen LogP contribution in [0.1, 0.15) is 25.3 Å². The van der Waals surface area contributed by atoms with Crippen molar-refractivity contribution in [3.63, 3.8) is 0 Å². The van der Waals surface area contributed by atoms with Gasteiger partial charge in [0.15, 0.2) is 16.4 Å². The molecule has 1 amide bonds. The fourth-order valence-electron chi connectivity index (χ4n) is 3.39. The lowest BCUT2D eigenvalue weighted by atomic mass is 10.2. The van der Waals surface area contributed by atoms with Crippen molar-refractivity contribution in [2.24, 2.45) is 0 Å². The van der Waals surface area contributed by atoms with E-state index in [4.69, 9.17) is 0 Å². The first-order valence-corrected chi connectivity index (χ1v) is 11.0. The van der Waals surface area contributed by atoms with Crippen LogP contribution >= 0.6 is 0 Å². The zero-order valence-corrected chi connectivity index (χ0v) is 18.5. The molecule has 1 fully saturated rings. The average Bonchev–Trinajstić information content (AvgIpc) is 3.16. The van der Waals surface area contributed by atoms with Crippen LogP contribution in [-0.2, 0) is 35.1 Å². The van der Waals surface area contributed by atoms with Crippen molar-refractivity contribution in [3.05, 3.63) is 23.8 Å². The number of Topliss-reactive ketones (excluding diaryl/α,β-unsaturated/α-hetero) is 1. The van der Waals surface area contributed by atoms with E-state index in [-0.39, 0.29) is 6.07 Å². The van der Waals surface area contributed by atoms with Crippen molar-refractivity contribution in [1.82, 2.24) is 4.90 Å². The number of benzene rings is 1. The Morgan fingerprint density at radius 1 is 1.12 bits per heavy atom. The normalized spacial score (nSPS) is 19.1. The summed E-state index contributed by atoms with van der Waals surface area (Å²) >= 11 is 0. The van der Waals surface area contributed by atoms with Crippen LogP contribution in [0.2, 0.25) is 0 Å². The lowest BCUT2D eigenvalue weighted by Crippen LogP contribution is -2.41. The molecule has 0 saturated carbocycles. The largest absolute Gasteiger partial charge is 0.484 e. The first-order valence-electron chi connectivity index (χ1n) is 9.48. The second-order valence-corrected chi connectivity index (χ2v) is 9.62. The number of nitrogens with zero attached hydrogens (tertiary/aromatic N) is 1. The van der Waals surface area contributed by atoms with Gasteiger partial charge in [0.25, 0.3) is 0 Å². The minimum absolute atomic E-state index is 0.129. The molecule has 1 aromatic carbocycles. The summed E-state index contributed by atoms with van der Waals surface area (Å²) in [5.41, 5.74) is -1.77. The second-order valence-electron chi connectivity index (χ2n) is 7.43. The molecular formula is C19H19F6NO7S. The van der Waals surface area contributed by atoms with Crippen LogP contribution < -0.4 is 4.74 Å². The van der Waals surface area contributed by atoms with Crippen LogP contribution in [0.5, 0.6) is 5.75 Å². The van der Waals surface area contributed by atoms with Gasteiger partial charge in [-0.25, -0.2) is 13.2 Å². The number of likely N-dealkylation sites (tertiary alicyclic amines) is 1. The quantitative estimate of drug-likeness (QED) is 0.310.